The van der Waals surface area contributed by atoms with Crippen molar-refractivity contribution in [3.05, 3.63) is 63.7 Å². The van der Waals surface area contributed by atoms with Crippen LogP contribution in [0, 0.1) is 13.8 Å². The molecule has 2 aromatic rings. The molecule has 1 aliphatic heterocycles. The van der Waals surface area contributed by atoms with Crippen molar-refractivity contribution in [3.63, 3.8) is 0 Å². The van der Waals surface area contributed by atoms with Gasteiger partial charge < -0.3 is 4.74 Å². The minimum absolute atomic E-state index is 0.152. The molecule has 0 saturated carbocycles. The van der Waals surface area contributed by atoms with Crippen LogP contribution >= 0.6 is 11.6 Å². The number of hydrogen-bond donors (Lipinski definition) is 1. The highest BCUT2D eigenvalue weighted by molar-refractivity contribution is 6.39. The summed E-state index contributed by atoms with van der Waals surface area (Å²) < 4.78 is 5.39. The average Bonchev–Trinajstić information content (AvgIpc) is 2.63. The van der Waals surface area contributed by atoms with Crippen molar-refractivity contribution < 1.29 is 19.1 Å². The summed E-state index contributed by atoms with van der Waals surface area (Å²) in [5, 5.41) is 2.59. The van der Waals surface area contributed by atoms with Gasteiger partial charge >= 0.3 is 6.03 Å². The van der Waals surface area contributed by atoms with Crippen LogP contribution in [0.4, 0.5) is 10.5 Å². The first-order valence-corrected chi connectivity index (χ1v) is 9.10. The highest BCUT2D eigenvalue weighted by atomic mass is 35.5. The summed E-state index contributed by atoms with van der Waals surface area (Å²) in [6.45, 7) is 5.96. The van der Waals surface area contributed by atoms with E-state index in [0.717, 1.165) is 16.0 Å². The van der Waals surface area contributed by atoms with Gasteiger partial charge in [-0.15, -0.1) is 0 Å². The first kappa shape index (κ1) is 19.6. The Morgan fingerprint density at radius 2 is 1.86 bits per heavy atom. The number of aryl methyl sites for hydroxylation is 2. The van der Waals surface area contributed by atoms with Crippen LogP contribution in [-0.2, 0) is 9.59 Å². The van der Waals surface area contributed by atoms with Crippen molar-refractivity contribution in [2.24, 2.45) is 0 Å². The zero-order valence-electron chi connectivity index (χ0n) is 15.7. The molecule has 4 amide bonds. The van der Waals surface area contributed by atoms with Crippen LogP contribution in [0.5, 0.6) is 5.75 Å². The van der Waals surface area contributed by atoms with Crippen LogP contribution in [-0.4, -0.2) is 24.5 Å². The molecule has 1 fully saturated rings. The van der Waals surface area contributed by atoms with Gasteiger partial charge in [0, 0.05) is 0 Å². The van der Waals surface area contributed by atoms with Gasteiger partial charge in [-0.05, 0) is 61.7 Å². The van der Waals surface area contributed by atoms with Gasteiger partial charge in [-0.25, -0.2) is 9.69 Å². The molecule has 28 heavy (non-hydrogen) atoms. The third-order valence-corrected chi connectivity index (χ3v) is 4.57. The second-order valence-electron chi connectivity index (χ2n) is 6.37. The molecule has 0 aliphatic carbocycles. The lowest BCUT2D eigenvalue weighted by Gasteiger charge is -2.27. The number of halogens is 1. The van der Waals surface area contributed by atoms with Crippen LogP contribution in [0.15, 0.2) is 42.0 Å². The molecule has 0 bridgehead atoms. The molecule has 2 aromatic carbocycles. The number of hydrogen-bond acceptors (Lipinski definition) is 4. The average molecular weight is 399 g/mol. The number of imide groups is 2. The first-order chi connectivity index (χ1) is 13.3. The number of nitrogens with zero attached hydrogens (tertiary/aromatic N) is 1. The lowest BCUT2D eigenvalue weighted by molar-refractivity contribution is -0.122. The van der Waals surface area contributed by atoms with E-state index < -0.39 is 17.8 Å². The van der Waals surface area contributed by atoms with Crippen molar-refractivity contribution in [3.8, 4) is 5.75 Å². The third kappa shape index (κ3) is 3.77. The number of nitrogens with one attached hydrogen (secondary N) is 1. The number of amides is 4. The Morgan fingerprint density at radius 3 is 2.54 bits per heavy atom. The van der Waals surface area contributed by atoms with Gasteiger partial charge in [0.05, 0.1) is 17.3 Å². The molecule has 6 nitrogen and oxygen atoms in total. The van der Waals surface area contributed by atoms with Gasteiger partial charge in [0.15, 0.2) is 0 Å². The maximum Gasteiger partial charge on any atom is 0.335 e. The fourth-order valence-corrected chi connectivity index (χ4v) is 3.13. The molecule has 1 heterocycles. The minimum Gasteiger partial charge on any atom is -0.492 e. The molecule has 1 saturated heterocycles. The van der Waals surface area contributed by atoms with Crippen molar-refractivity contribution >= 4 is 41.2 Å². The maximum absolute atomic E-state index is 13.0. The zero-order chi connectivity index (χ0) is 20.4. The summed E-state index contributed by atoms with van der Waals surface area (Å²) in [6, 6.07) is 9.60. The van der Waals surface area contributed by atoms with E-state index in [1.807, 2.05) is 26.0 Å². The summed E-state index contributed by atoms with van der Waals surface area (Å²) in [5.74, 6) is -0.924. The zero-order valence-corrected chi connectivity index (χ0v) is 16.5. The van der Waals surface area contributed by atoms with Gasteiger partial charge in [-0.1, -0.05) is 29.8 Å². The molecule has 3 rings (SSSR count). The summed E-state index contributed by atoms with van der Waals surface area (Å²) in [4.78, 5) is 38.6. The molecule has 0 spiro atoms. The number of urea groups is 1. The van der Waals surface area contributed by atoms with E-state index in [4.69, 9.17) is 16.3 Å². The molecular formula is C21H19ClN2O4. The van der Waals surface area contributed by atoms with E-state index in [0.29, 0.717) is 28.6 Å². The summed E-state index contributed by atoms with van der Waals surface area (Å²) >= 11 is 6.18. The molecular weight excluding hydrogens is 380 g/mol. The number of carbonyl (C=O) groups excluding carboxylic acids is 3. The predicted molar refractivity (Wildman–Crippen MR) is 108 cm³/mol. The van der Waals surface area contributed by atoms with Crippen LogP contribution in [0.2, 0.25) is 5.02 Å². The monoisotopic (exact) mass is 398 g/mol. The van der Waals surface area contributed by atoms with Gasteiger partial charge in [0.25, 0.3) is 11.8 Å². The van der Waals surface area contributed by atoms with Gasteiger partial charge in [0.1, 0.15) is 11.3 Å². The number of anilines is 1. The van der Waals surface area contributed by atoms with Crippen LogP contribution in [0.3, 0.4) is 0 Å². The number of ether oxygens (including phenoxy) is 1. The number of benzene rings is 2. The van der Waals surface area contributed by atoms with E-state index in [1.54, 1.807) is 31.2 Å². The first-order valence-electron chi connectivity index (χ1n) is 8.73. The summed E-state index contributed by atoms with van der Waals surface area (Å²) in [5.41, 5.74) is 2.46. The largest absolute Gasteiger partial charge is 0.492 e. The maximum atomic E-state index is 13.0. The Labute approximate surface area is 167 Å². The lowest BCUT2D eigenvalue weighted by atomic mass is 10.0. The molecule has 0 radical (unpaired) electrons. The van der Waals surface area contributed by atoms with Crippen molar-refractivity contribution in [1.29, 1.82) is 0 Å². The number of rotatable bonds is 4. The van der Waals surface area contributed by atoms with E-state index in [9.17, 15) is 14.4 Å². The van der Waals surface area contributed by atoms with Crippen LogP contribution < -0.4 is 15.0 Å². The molecule has 1 aliphatic rings. The van der Waals surface area contributed by atoms with E-state index >= 15 is 0 Å². The van der Waals surface area contributed by atoms with Gasteiger partial charge in [-0.3, -0.25) is 14.9 Å². The third-order valence-electron chi connectivity index (χ3n) is 4.27. The van der Waals surface area contributed by atoms with Gasteiger partial charge in [-0.2, -0.15) is 0 Å². The van der Waals surface area contributed by atoms with Crippen molar-refractivity contribution in [2.75, 3.05) is 11.5 Å². The molecule has 7 heteroatoms. The van der Waals surface area contributed by atoms with Crippen LogP contribution in [0.1, 0.15) is 23.6 Å². The lowest BCUT2D eigenvalue weighted by Crippen LogP contribution is -2.54. The Hall–Kier alpha value is -3.12. The standard InChI is InChI=1S/C21H19ClN2O4/c1-4-28-18-8-7-14(11-16(18)22)10-15-19(25)23-21(27)24(20(15)26)17-9-12(2)5-6-13(17)3/h5-11H,4H2,1-3H3,(H,23,25,27)/b15-10+. The Morgan fingerprint density at radius 1 is 1.11 bits per heavy atom. The van der Waals surface area contributed by atoms with E-state index in [1.165, 1.54) is 6.08 Å². The van der Waals surface area contributed by atoms with E-state index in [2.05, 4.69) is 5.32 Å². The highest BCUT2D eigenvalue weighted by Gasteiger charge is 2.37. The van der Waals surface area contributed by atoms with Crippen molar-refractivity contribution in [1.82, 2.24) is 5.32 Å². The molecule has 0 atom stereocenters. The minimum atomic E-state index is -0.773. The topological polar surface area (TPSA) is 75.7 Å². The second-order valence-corrected chi connectivity index (χ2v) is 6.78. The smallest absolute Gasteiger partial charge is 0.335 e. The fraction of sp³-hybridized carbons (Fsp3) is 0.190. The molecule has 1 N–H and O–H groups in total. The predicted octanol–water partition coefficient (Wildman–Crippen LogP) is 4.02. The van der Waals surface area contributed by atoms with E-state index in [-0.39, 0.29) is 5.57 Å². The Kier molecular flexibility index (Phi) is 5.51. The second kappa shape index (κ2) is 7.86. The summed E-state index contributed by atoms with van der Waals surface area (Å²) in [7, 11) is 0. The quantitative estimate of drug-likeness (QED) is 0.623. The SMILES string of the molecule is CCOc1ccc(/C=C2\C(=O)NC(=O)N(c3cc(C)ccc3C)C2=O)cc1Cl. The fourth-order valence-electron chi connectivity index (χ4n) is 2.88. The molecule has 144 valence electrons. The Bertz CT molecular complexity index is 1010. The number of barbiturate groups is 1. The van der Waals surface area contributed by atoms with Crippen LogP contribution in [0.25, 0.3) is 6.08 Å². The molecule has 0 aromatic heterocycles. The highest BCUT2D eigenvalue weighted by Crippen LogP contribution is 2.29. The number of carbonyl (C=O) groups is 3. The van der Waals surface area contributed by atoms with Crippen molar-refractivity contribution in [2.45, 2.75) is 20.8 Å². The normalized spacial score (nSPS) is 15.8. The molecule has 0 unspecified atom stereocenters. The van der Waals surface area contributed by atoms with Gasteiger partial charge in [0.2, 0.25) is 0 Å². The Balaban J connectivity index is 2.01. The summed E-state index contributed by atoms with van der Waals surface area (Å²) in [6.07, 6.45) is 1.41.